The SMILES string of the molecule is CCN1CCC(N(C)C(=O)c2ccc3c(c2)CCCC3)CC1. The van der Waals surface area contributed by atoms with Crippen LogP contribution in [0.5, 0.6) is 0 Å². The molecule has 0 aromatic heterocycles. The van der Waals surface area contributed by atoms with Crippen molar-refractivity contribution in [3.8, 4) is 0 Å². The first-order valence-corrected chi connectivity index (χ1v) is 8.80. The number of carbonyl (C=O) groups is 1. The fourth-order valence-electron chi connectivity index (χ4n) is 3.86. The predicted octanol–water partition coefficient (Wildman–Crippen LogP) is 3.12. The van der Waals surface area contributed by atoms with Gasteiger partial charge in [-0.05, 0) is 68.3 Å². The van der Waals surface area contributed by atoms with Crippen molar-refractivity contribution < 1.29 is 4.79 Å². The molecule has 22 heavy (non-hydrogen) atoms. The van der Waals surface area contributed by atoms with Crippen molar-refractivity contribution in [2.24, 2.45) is 0 Å². The number of piperidine rings is 1. The molecule has 3 heteroatoms. The number of hydrogen-bond acceptors (Lipinski definition) is 2. The maximum Gasteiger partial charge on any atom is 0.253 e. The van der Waals surface area contributed by atoms with Gasteiger partial charge in [0.1, 0.15) is 0 Å². The van der Waals surface area contributed by atoms with Gasteiger partial charge >= 0.3 is 0 Å². The van der Waals surface area contributed by atoms with E-state index in [0.29, 0.717) is 6.04 Å². The molecule has 1 saturated heterocycles. The van der Waals surface area contributed by atoms with E-state index < -0.39 is 0 Å². The summed E-state index contributed by atoms with van der Waals surface area (Å²) in [5.74, 6) is 0.198. The highest BCUT2D eigenvalue weighted by atomic mass is 16.2. The zero-order valence-corrected chi connectivity index (χ0v) is 14.0. The third-order valence-electron chi connectivity index (χ3n) is 5.47. The largest absolute Gasteiger partial charge is 0.339 e. The van der Waals surface area contributed by atoms with Gasteiger partial charge in [-0.15, -0.1) is 0 Å². The third kappa shape index (κ3) is 3.19. The Morgan fingerprint density at radius 3 is 2.55 bits per heavy atom. The quantitative estimate of drug-likeness (QED) is 0.856. The molecular weight excluding hydrogens is 272 g/mol. The summed E-state index contributed by atoms with van der Waals surface area (Å²) in [5.41, 5.74) is 3.72. The third-order valence-corrected chi connectivity index (χ3v) is 5.47. The van der Waals surface area contributed by atoms with Gasteiger partial charge < -0.3 is 9.80 Å². The highest BCUT2D eigenvalue weighted by Crippen LogP contribution is 2.24. The minimum Gasteiger partial charge on any atom is -0.339 e. The first kappa shape index (κ1) is 15.5. The van der Waals surface area contributed by atoms with Crippen molar-refractivity contribution >= 4 is 5.91 Å². The van der Waals surface area contributed by atoms with E-state index in [0.717, 1.165) is 44.5 Å². The first-order chi connectivity index (χ1) is 10.7. The number of nitrogens with zero attached hydrogens (tertiary/aromatic N) is 2. The van der Waals surface area contributed by atoms with Gasteiger partial charge in [0.25, 0.3) is 5.91 Å². The molecule has 0 unspecified atom stereocenters. The monoisotopic (exact) mass is 300 g/mol. The zero-order chi connectivity index (χ0) is 15.5. The van der Waals surface area contributed by atoms with E-state index in [-0.39, 0.29) is 5.91 Å². The number of benzene rings is 1. The van der Waals surface area contributed by atoms with Gasteiger partial charge in [0.05, 0.1) is 0 Å². The van der Waals surface area contributed by atoms with Crippen molar-refractivity contribution in [3.63, 3.8) is 0 Å². The highest BCUT2D eigenvalue weighted by Gasteiger charge is 2.25. The van der Waals surface area contributed by atoms with Gasteiger partial charge in [-0.3, -0.25) is 4.79 Å². The summed E-state index contributed by atoms with van der Waals surface area (Å²) in [6.07, 6.45) is 7.05. The van der Waals surface area contributed by atoms with Crippen LogP contribution in [0.2, 0.25) is 0 Å². The van der Waals surface area contributed by atoms with Crippen LogP contribution in [-0.4, -0.2) is 48.4 Å². The normalized spacial score (nSPS) is 19.7. The molecule has 2 aliphatic rings. The Bertz CT molecular complexity index is 532. The second-order valence-electron chi connectivity index (χ2n) is 6.77. The molecule has 1 aliphatic carbocycles. The molecule has 120 valence electrons. The summed E-state index contributed by atoms with van der Waals surface area (Å²) in [6.45, 7) is 5.56. The lowest BCUT2D eigenvalue weighted by Crippen LogP contribution is -2.45. The number of fused-ring (bicyclic) bond motifs is 1. The molecule has 1 heterocycles. The number of aryl methyl sites for hydroxylation is 2. The Morgan fingerprint density at radius 1 is 1.18 bits per heavy atom. The molecule has 0 atom stereocenters. The van der Waals surface area contributed by atoms with Crippen molar-refractivity contribution in [1.29, 1.82) is 0 Å². The summed E-state index contributed by atoms with van der Waals surface area (Å²) < 4.78 is 0. The van der Waals surface area contributed by atoms with Crippen LogP contribution in [0.15, 0.2) is 18.2 Å². The van der Waals surface area contributed by atoms with Gasteiger partial charge in [0, 0.05) is 31.7 Å². The molecule has 1 aromatic carbocycles. The topological polar surface area (TPSA) is 23.6 Å². The van der Waals surface area contributed by atoms with E-state index in [1.54, 1.807) is 0 Å². The summed E-state index contributed by atoms with van der Waals surface area (Å²) >= 11 is 0. The molecule has 0 N–H and O–H groups in total. The van der Waals surface area contributed by atoms with Crippen LogP contribution in [0, 0.1) is 0 Å². The highest BCUT2D eigenvalue weighted by molar-refractivity contribution is 5.94. The van der Waals surface area contributed by atoms with Crippen LogP contribution >= 0.6 is 0 Å². The Hall–Kier alpha value is -1.35. The molecule has 1 fully saturated rings. The predicted molar refractivity (Wildman–Crippen MR) is 90.3 cm³/mol. The minimum atomic E-state index is 0.198. The van der Waals surface area contributed by atoms with Crippen molar-refractivity contribution in [3.05, 3.63) is 34.9 Å². The van der Waals surface area contributed by atoms with Crippen molar-refractivity contribution in [2.45, 2.75) is 51.5 Å². The zero-order valence-electron chi connectivity index (χ0n) is 14.0. The Morgan fingerprint density at radius 2 is 1.86 bits per heavy atom. The molecule has 1 aromatic rings. The Labute approximate surface area is 134 Å². The lowest BCUT2D eigenvalue weighted by molar-refractivity contribution is 0.0646. The molecular formula is C19H28N2O. The molecule has 0 bridgehead atoms. The second kappa shape index (κ2) is 6.82. The number of hydrogen-bond donors (Lipinski definition) is 0. The maximum atomic E-state index is 12.8. The number of carbonyl (C=O) groups excluding carboxylic acids is 1. The lowest BCUT2D eigenvalue weighted by Gasteiger charge is -2.36. The van der Waals surface area contributed by atoms with E-state index >= 15 is 0 Å². The molecule has 3 nitrogen and oxygen atoms in total. The number of likely N-dealkylation sites (tertiary alicyclic amines) is 1. The van der Waals surface area contributed by atoms with Crippen LogP contribution in [0.3, 0.4) is 0 Å². The van der Waals surface area contributed by atoms with Gasteiger partial charge in [0.15, 0.2) is 0 Å². The Kier molecular flexibility index (Phi) is 4.82. The molecule has 0 saturated carbocycles. The van der Waals surface area contributed by atoms with Gasteiger partial charge in [-0.1, -0.05) is 13.0 Å². The van der Waals surface area contributed by atoms with E-state index in [9.17, 15) is 4.79 Å². The summed E-state index contributed by atoms with van der Waals surface area (Å²) in [7, 11) is 1.98. The molecule has 1 amide bonds. The van der Waals surface area contributed by atoms with E-state index in [1.807, 2.05) is 18.0 Å². The van der Waals surface area contributed by atoms with Crippen molar-refractivity contribution in [1.82, 2.24) is 9.80 Å². The van der Waals surface area contributed by atoms with E-state index in [2.05, 4.69) is 24.0 Å². The molecule has 3 rings (SSSR count). The molecule has 0 radical (unpaired) electrons. The second-order valence-corrected chi connectivity index (χ2v) is 6.77. The smallest absolute Gasteiger partial charge is 0.253 e. The first-order valence-electron chi connectivity index (χ1n) is 8.80. The molecule has 0 spiro atoms. The number of rotatable bonds is 3. The Balaban J connectivity index is 1.68. The summed E-state index contributed by atoms with van der Waals surface area (Å²) in [6, 6.07) is 6.75. The van der Waals surface area contributed by atoms with Gasteiger partial charge in [-0.25, -0.2) is 0 Å². The average molecular weight is 300 g/mol. The minimum absolute atomic E-state index is 0.198. The fraction of sp³-hybridized carbons (Fsp3) is 0.632. The van der Waals surface area contributed by atoms with Crippen LogP contribution in [-0.2, 0) is 12.8 Å². The molecule has 1 aliphatic heterocycles. The van der Waals surface area contributed by atoms with Crippen LogP contribution < -0.4 is 0 Å². The summed E-state index contributed by atoms with van der Waals surface area (Å²) in [4.78, 5) is 17.2. The van der Waals surface area contributed by atoms with E-state index in [4.69, 9.17) is 0 Å². The van der Waals surface area contributed by atoms with Crippen LogP contribution in [0.4, 0.5) is 0 Å². The number of amides is 1. The fourth-order valence-corrected chi connectivity index (χ4v) is 3.86. The van der Waals surface area contributed by atoms with Crippen LogP contribution in [0.1, 0.15) is 54.1 Å². The average Bonchev–Trinajstić information content (AvgIpc) is 2.60. The summed E-state index contributed by atoms with van der Waals surface area (Å²) in [5, 5.41) is 0. The van der Waals surface area contributed by atoms with Gasteiger partial charge in [0.2, 0.25) is 0 Å². The maximum absolute atomic E-state index is 12.8. The van der Waals surface area contributed by atoms with Gasteiger partial charge in [-0.2, -0.15) is 0 Å². The van der Waals surface area contributed by atoms with Crippen LogP contribution in [0.25, 0.3) is 0 Å². The lowest BCUT2D eigenvalue weighted by atomic mass is 9.90. The standard InChI is InChI=1S/C19H28N2O/c1-3-21-12-10-18(11-13-21)20(2)19(22)17-9-8-15-6-4-5-7-16(15)14-17/h8-9,14,18H,3-7,10-13H2,1-2H3. The van der Waals surface area contributed by atoms with Crippen molar-refractivity contribution in [2.75, 3.05) is 26.7 Å². The van der Waals surface area contributed by atoms with E-state index in [1.165, 1.54) is 30.4 Å².